The SMILES string of the molecule is CCCCCCCC12CCC(C3CCC(C)(C#N)CC3)(CC1)CC2. The molecule has 4 rings (SSSR count). The van der Waals surface area contributed by atoms with E-state index in [0.717, 1.165) is 24.2 Å². The van der Waals surface area contributed by atoms with E-state index in [2.05, 4.69) is 19.9 Å². The molecule has 0 N–H and O–H groups in total. The zero-order chi connectivity index (χ0) is 17.1. The maximum absolute atomic E-state index is 9.40. The molecular weight excluding hydrogens is 290 g/mol. The molecule has 4 saturated carbocycles. The molecule has 0 radical (unpaired) electrons. The van der Waals surface area contributed by atoms with Crippen LogP contribution < -0.4 is 0 Å². The lowest BCUT2D eigenvalue weighted by Crippen LogP contribution is -2.46. The average Bonchev–Trinajstić information content (AvgIpc) is 2.64. The number of unbranched alkanes of at least 4 members (excludes halogenated alkanes) is 4. The third kappa shape index (κ3) is 3.68. The Morgan fingerprint density at radius 2 is 1.42 bits per heavy atom. The number of fused-ring (bicyclic) bond motifs is 3. The van der Waals surface area contributed by atoms with Crippen LogP contribution in [0.4, 0.5) is 0 Å². The molecule has 0 unspecified atom stereocenters. The van der Waals surface area contributed by atoms with Crippen LogP contribution in [0.1, 0.15) is 117 Å². The highest BCUT2D eigenvalue weighted by Crippen LogP contribution is 2.64. The van der Waals surface area contributed by atoms with Crippen molar-refractivity contribution in [2.75, 3.05) is 0 Å². The molecule has 0 aromatic carbocycles. The van der Waals surface area contributed by atoms with Gasteiger partial charge < -0.3 is 0 Å². The maximum atomic E-state index is 9.40. The average molecular weight is 330 g/mol. The topological polar surface area (TPSA) is 23.8 Å². The fourth-order valence-electron chi connectivity index (χ4n) is 6.36. The van der Waals surface area contributed by atoms with Crippen molar-refractivity contribution in [3.8, 4) is 6.07 Å². The lowest BCUT2D eigenvalue weighted by molar-refractivity contribution is -0.0676. The fraction of sp³-hybridized carbons (Fsp3) is 0.957. The number of rotatable bonds is 7. The van der Waals surface area contributed by atoms with Crippen LogP contribution >= 0.6 is 0 Å². The van der Waals surface area contributed by atoms with E-state index in [1.165, 1.54) is 89.9 Å². The van der Waals surface area contributed by atoms with Crippen molar-refractivity contribution in [2.45, 2.75) is 117 Å². The first-order valence-electron chi connectivity index (χ1n) is 11.0. The van der Waals surface area contributed by atoms with Crippen LogP contribution in [0.3, 0.4) is 0 Å². The normalized spacial score (nSPS) is 42.0. The van der Waals surface area contributed by atoms with Gasteiger partial charge in [0.05, 0.1) is 11.5 Å². The highest BCUT2D eigenvalue weighted by Gasteiger charge is 2.52. The summed E-state index contributed by atoms with van der Waals surface area (Å²) in [4.78, 5) is 0. The van der Waals surface area contributed by atoms with E-state index in [9.17, 15) is 5.26 Å². The second-order valence-electron chi connectivity index (χ2n) is 9.97. The summed E-state index contributed by atoms with van der Waals surface area (Å²) in [6.07, 6.45) is 22.8. The van der Waals surface area contributed by atoms with Gasteiger partial charge in [0.2, 0.25) is 0 Å². The van der Waals surface area contributed by atoms with Crippen LogP contribution in [0, 0.1) is 33.5 Å². The summed E-state index contributed by atoms with van der Waals surface area (Å²) in [7, 11) is 0. The molecule has 0 saturated heterocycles. The Labute approximate surface area is 150 Å². The maximum Gasteiger partial charge on any atom is 0.0686 e. The summed E-state index contributed by atoms with van der Waals surface area (Å²) in [5.74, 6) is 0.932. The van der Waals surface area contributed by atoms with Gasteiger partial charge >= 0.3 is 0 Å². The predicted octanol–water partition coefficient (Wildman–Crippen LogP) is 7.41. The summed E-state index contributed by atoms with van der Waals surface area (Å²) in [5.41, 5.74) is 1.41. The molecule has 4 fully saturated rings. The quantitative estimate of drug-likeness (QED) is 0.446. The molecule has 0 aromatic rings. The highest BCUT2D eigenvalue weighted by atomic mass is 14.6. The lowest BCUT2D eigenvalue weighted by atomic mass is 9.47. The monoisotopic (exact) mass is 329 g/mol. The molecule has 1 heteroatoms. The molecule has 136 valence electrons. The first kappa shape index (κ1) is 18.3. The van der Waals surface area contributed by atoms with Crippen LogP contribution in [0.25, 0.3) is 0 Å². The first-order valence-corrected chi connectivity index (χ1v) is 11.0. The summed E-state index contributed by atoms with van der Waals surface area (Å²) < 4.78 is 0. The Kier molecular flexibility index (Phi) is 5.63. The van der Waals surface area contributed by atoms with Crippen molar-refractivity contribution in [1.82, 2.24) is 0 Å². The number of nitriles is 1. The fourth-order valence-corrected chi connectivity index (χ4v) is 6.36. The number of hydrogen-bond acceptors (Lipinski definition) is 1. The van der Waals surface area contributed by atoms with Crippen molar-refractivity contribution in [2.24, 2.45) is 22.2 Å². The van der Waals surface area contributed by atoms with Gasteiger partial charge in [0, 0.05) is 0 Å². The van der Waals surface area contributed by atoms with Gasteiger partial charge in [0.1, 0.15) is 0 Å². The minimum atomic E-state index is -0.0152. The molecule has 0 spiro atoms. The highest BCUT2D eigenvalue weighted by molar-refractivity contribution is 5.06. The Morgan fingerprint density at radius 3 is 1.96 bits per heavy atom. The Bertz CT molecular complexity index is 425. The standard InChI is InChI=1S/C23H39N/c1-3-4-5-6-7-10-22-13-16-23(17-14-22,18-15-22)20-8-11-21(2,19-24)12-9-20/h20H,3-18H2,1-2H3. The Balaban J connectivity index is 1.48. The van der Waals surface area contributed by atoms with Crippen LogP contribution in [-0.4, -0.2) is 0 Å². The van der Waals surface area contributed by atoms with E-state index in [0.29, 0.717) is 5.41 Å². The van der Waals surface area contributed by atoms with Crippen molar-refractivity contribution in [1.29, 1.82) is 5.26 Å². The molecule has 0 amide bonds. The smallest absolute Gasteiger partial charge is 0.0686 e. The van der Waals surface area contributed by atoms with Crippen LogP contribution in [0.15, 0.2) is 0 Å². The third-order valence-electron chi connectivity index (χ3n) is 8.50. The Hall–Kier alpha value is -0.510. The minimum Gasteiger partial charge on any atom is -0.198 e. The molecule has 0 aliphatic heterocycles. The van der Waals surface area contributed by atoms with E-state index >= 15 is 0 Å². The van der Waals surface area contributed by atoms with E-state index in [1.807, 2.05) is 0 Å². The van der Waals surface area contributed by atoms with Crippen LogP contribution in [0.2, 0.25) is 0 Å². The van der Waals surface area contributed by atoms with Crippen molar-refractivity contribution in [3.05, 3.63) is 0 Å². The Morgan fingerprint density at radius 1 is 0.833 bits per heavy atom. The summed E-state index contributed by atoms with van der Waals surface area (Å²) in [6.45, 7) is 4.50. The first-order chi connectivity index (χ1) is 11.6. The number of hydrogen-bond donors (Lipinski definition) is 0. The molecule has 2 bridgehead atoms. The van der Waals surface area contributed by atoms with Gasteiger partial charge in [-0.15, -0.1) is 0 Å². The van der Waals surface area contributed by atoms with Gasteiger partial charge in [-0.2, -0.15) is 5.26 Å². The van der Waals surface area contributed by atoms with Crippen LogP contribution in [0.5, 0.6) is 0 Å². The van der Waals surface area contributed by atoms with Gasteiger partial charge in [-0.1, -0.05) is 39.0 Å². The van der Waals surface area contributed by atoms with E-state index in [4.69, 9.17) is 0 Å². The minimum absolute atomic E-state index is 0.0152. The molecule has 1 nitrogen and oxygen atoms in total. The second-order valence-corrected chi connectivity index (χ2v) is 9.97. The molecule has 4 aliphatic carbocycles. The second kappa shape index (κ2) is 7.39. The molecule has 24 heavy (non-hydrogen) atoms. The zero-order valence-corrected chi connectivity index (χ0v) is 16.3. The van der Waals surface area contributed by atoms with Crippen molar-refractivity contribution in [3.63, 3.8) is 0 Å². The zero-order valence-electron chi connectivity index (χ0n) is 16.3. The molecule has 0 heterocycles. The van der Waals surface area contributed by atoms with Crippen LogP contribution in [-0.2, 0) is 0 Å². The largest absolute Gasteiger partial charge is 0.198 e. The van der Waals surface area contributed by atoms with Gasteiger partial charge in [-0.05, 0) is 94.3 Å². The summed E-state index contributed by atoms with van der Waals surface area (Å²) in [6, 6.07) is 2.59. The van der Waals surface area contributed by atoms with Gasteiger partial charge in [0.25, 0.3) is 0 Å². The lowest BCUT2D eigenvalue weighted by Gasteiger charge is -2.58. The molecule has 0 aromatic heterocycles. The van der Waals surface area contributed by atoms with Gasteiger partial charge in [-0.3, -0.25) is 0 Å². The summed E-state index contributed by atoms with van der Waals surface area (Å²) >= 11 is 0. The molecule has 4 aliphatic rings. The third-order valence-corrected chi connectivity index (χ3v) is 8.50. The van der Waals surface area contributed by atoms with Crippen molar-refractivity contribution < 1.29 is 0 Å². The van der Waals surface area contributed by atoms with Crippen molar-refractivity contribution >= 4 is 0 Å². The van der Waals surface area contributed by atoms with E-state index < -0.39 is 0 Å². The van der Waals surface area contributed by atoms with Gasteiger partial charge in [0.15, 0.2) is 0 Å². The van der Waals surface area contributed by atoms with E-state index in [1.54, 1.807) is 0 Å². The molecule has 0 atom stereocenters. The number of nitrogens with zero attached hydrogens (tertiary/aromatic N) is 1. The van der Waals surface area contributed by atoms with E-state index in [-0.39, 0.29) is 5.41 Å². The van der Waals surface area contributed by atoms with Gasteiger partial charge in [-0.25, -0.2) is 0 Å². The summed E-state index contributed by atoms with van der Waals surface area (Å²) in [5, 5.41) is 9.40. The molecular formula is C23H39N. The predicted molar refractivity (Wildman–Crippen MR) is 102 cm³/mol.